The van der Waals surface area contributed by atoms with Crippen LogP contribution in [-0.4, -0.2) is 48.6 Å². The minimum absolute atomic E-state index is 0.0968. The molecule has 8 heteroatoms. The second-order valence-electron chi connectivity index (χ2n) is 6.68. The van der Waals surface area contributed by atoms with Gasteiger partial charge >= 0.3 is 0 Å². The fourth-order valence-corrected chi connectivity index (χ4v) is 4.26. The Balaban J connectivity index is 1.53. The zero-order valence-corrected chi connectivity index (χ0v) is 18.5. The van der Waals surface area contributed by atoms with E-state index in [1.54, 1.807) is 18.2 Å². The highest BCUT2D eigenvalue weighted by molar-refractivity contribution is 8.00. The van der Waals surface area contributed by atoms with E-state index in [1.165, 1.54) is 11.8 Å². The summed E-state index contributed by atoms with van der Waals surface area (Å²) in [6.45, 7) is 4.77. The highest BCUT2D eigenvalue weighted by Crippen LogP contribution is 2.30. The Hall–Kier alpha value is -1.89. The van der Waals surface area contributed by atoms with Gasteiger partial charge in [0.25, 0.3) is 0 Å². The molecule has 2 aromatic rings. The predicted molar refractivity (Wildman–Crippen MR) is 121 cm³/mol. The number of carbonyl (C=O) groups excluding carboxylic acids is 2. The van der Waals surface area contributed by atoms with Crippen LogP contribution < -0.4 is 10.2 Å². The maximum Gasteiger partial charge on any atom is 0.234 e. The van der Waals surface area contributed by atoms with Gasteiger partial charge in [0.05, 0.1) is 16.5 Å². The Morgan fingerprint density at radius 3 is 2.34 bits per heavy atom. The van der Waals surface area contributed by atoms with Gasteiger partial charge in [-0.05, 0) is 42.5 Å². The maximum absolute atomic E-state index is 12.2. The third-order valence-electron chi connectivity index (χ3n) is 4.69. The van der Waals surface area contributed by atoms with Crippen LogP contribution >= 0.6 is 35.0 Å². The summed E-state index contributed by atoms with van der Waals surface area (Å²) in [5.74, 6) is 0.389. The Morgan fingerprint density at radius 2 is 1.72 bits per heavy atom. The molecule has 0 radical (unpaired) electrons. The Kier molecular flexibility index (Phi) is 7.70. The molecule has 0 aromatic heterocycles. The first-order valence-corrected chi connectivity index (χ1v) is 11.2. The van der Waals surface area contributed by atoms with E-state index in [9.17, 15) is 9.59 Å². The summed E-state index contributed by atoms with van der Waals surface area (Å²) in [4.78, 5) is 29.1. The molecule has 0 aliphatic carbocycles. The third-order valence-corrected chi connectivity index (χ3v) is 6.26. The number of benzene rings is 2. The second-order valence-corrected chi connectivity index (χ2v) is 8.57. The van der Waals surface area contributed by atoms with Gasteiger partial charge in [0.2, 0.25) is 11.8 Å². The van der Waals surface area contributed by atoms with Crippen molar-refractivity contribution in [2.45, 2.75) is 18.2 Å². The van der Waals surface area contributed by atoms with Gasteiger partial charge in [-0.2, -0.15) is 0 Å². The fraction of sp³-hybridized carbons (Fsp3) is 0.333. The molecule has 1 aliphatic heterocycles. The van der Waals surface area contributed by atoms with E-state index >= 15 is 0 Å². The molecule has 2 amide bonds. The van der Waals surface area contributed by atoms with Gasteiger partial charge in [0, 0.05) is 48.2 Å². The normalized spacial score (nSPS) is 14.0. The average Bonchev–Trinajstić information content (AvgIpc) is 2.73. The molecule has 1 heterocycles. The molecule has 0 bridgehead atoms. The van der Waals surface area contributed by atoms with Crippen LogP contribution in [0.25, 0.3) is 0 Å². The molecule has 5 nitrogen and oxygen atoms in total. The quantitative estimate of drug-likeness (QED) is 0.641. The van der Waals surface area contributed by atoms with Gasteiger partial charge in [-0.15, -0.1) is 11.8 Å². The van der Waals surface area contributed by atoms with Crippen LogP contribution in [0.3, 0.4) is 0 Å². The summed E-state index contributed by atoms with van der Waals surface area (Å²) in [6, 6.07) is 12.9. The first-order valence-electron chi connectivity index (χ1n) is 9.46. The Bertz CT molecular complexity index is 869. The van der Waals surface area contributed by atoms with E-state index in [2.05, 4.69) is 10.2 Å². The SMILES string of the molecule is CCC(=O)N1CCN(c2ccc(NC(=O)CSc3ccc(Cl)cc3)cc2Cl)CC1. The number of amides is 2. The molecule has 1 N–H and O–H groups in total. The lowest BCUT2D eigenvalue weighted by atomic mass is 10.2. The second kappa shape index (κ2) is 10.2. The molecular formula is C21H23Cl2N3O2S. The lowest BCUT2D eigenvalue weighted by Crippen LogP contribution is -2.48. The molecule has 29 heavy (non-hydrogen) atoms. The van der Waals surface area contributed by atoms with Crippen molar-refractivity contribution < 1.29 is 9.59 Å². The Morgan fingerprint density at radius 1 is 1.03 bits per heavy atom. The van der Waals surface area contributed by atoms with Crippen LogP contribution in [0.1, 0.15) is 13.3 Å². The molecule has 2 aromatic carbocycles. The molecule has 154 valence electrons. The van der Waals surface area contributed by atoms with Crippen molar-refractivity contribution in [3.63, 3.8) is 0 Å². The molecule has 1 saturated heterocycles. The zero-order chi connectivity index (χ0) is 20.8. The first-order chi connectivity index (χ1) is 14.0. The van der Waals surface area contributed by atoms with Crippen LogP contribution in [0.2, 0.25) is 10.0 Å². The van der Waals surface area contributed by atoms with Crippen LogP contribution in [-0.2, 0) is 9.59 Å². The number of piperazine rings is 1. The lowest BCUT2D eigenvalue weighted by Gasteiger charge is -2.36. The topological polar surface area (TPSA) is 52.7 Å². The number of anilines is 2. The number of nitrogens with one attached hydrogen (secondary N) is 1. The predicted octanol–water partition coefficient (Wildman–Crippen LogP) is 4.78. The molecule has 0 unspecified atom stereocenters. The van der Waals surface area contributed by atoms with Crippen molar-refractivity contribution in [3.8, 4) is 0 Å². The molecular weight excluding hydrogens is 429 g/mol. The molecule has 0 atom stereocenters. The van der Waals surface area contributed by atoms with Gasteiger partial charge in [-0.25, -0.2) is 0 Å². The lowest BCUT2D eigenvalue weighted by molar-refractivity contribution is -0.131. The summed E-state index contributed by atoms with van der Waals surface area (Å²) >= 11 is 13.8. The number of halogens is 2. The van der Waals surface area contributed by atoms with Crippen LogP contribution in [0.15, 0.2) is 47.4 Å². The third kappa shape index (κ3) is 6.04. The summed E-state index contributed by atoms with van der Waals surface area (Å²) in [5.41, 5.74) is 1.59. The Labute approximate surface area is 185 Å². The number of carbonyl (C=O) groups is 2. The van der Waals surface area contributed by atoms with E-state index in [0.29, 0.717) is 41.0 Å². The van der Waals surface area contributed by atoms with Crippen molar-refractivity contribution in [1.29, 1.82) is 0 Å². The molecule has 1 aliphatic rings. The van der Waals surface area contributed by atoms with Crippen LogP contribution in [0.4, 0.5) is 11.4 Å². The van der Waals surface area contributed by atoms with Crippen LogP contribution in [0, 0.1) is 0 Å². The van der Waals surface area contributed by atoms with E-state index in [4.69, 9.17) is 23.2 Å². The first kappa shape index (κ1) is 21.8. The monoisotopic (exact) mass is 451 g/mol. The van der Waals surface area contributed by atoms with Crippen molar-refractivity contribution >= 4 is 58.2 Å². The van der Waals surface area contributed by atoms with Gasteiger partial charge in [0.15, 0.2) is 0 Å². The summed E-state index contributed by atoms with van der Waals surface area (Å²) in [7, 11) is 0. The summed E-state index contributed by atoms with van der Waals surface area (Å²) in [6.07, 6.45) is 0.533. The van der Waals surface area contributed by atoms with E-state index in [1.807, 2.05) is 36.1 Å². The summed E-state index contributed by atoms with van der Waals surface area (Å²) < 4.78 is 0. The highest BCUT2D eigenvalue weighted by Gasteiger charge is 2.21. The smallest absolute Gasteiger partial charge is 0.234 e. The molecule has 1 fully saturated rings. The van der Waals surface area contributed by atoms with Gasteiger partial charge in [0.1, 0.15) is 0 Å². The van der Waals surface area contributed by atoms with Crippen molar-refractivity contribution in [1.82, 2.24) is 4.90 Å². The molecule has 0 spiro atoms. The number of nitrogens with zero attached hydrogens (tertiary/aromatic N) is 2. The van der Waals surface area contributed by atoms with Gasteiger partial charge < -0.3 is 15.1 Å². The fourth-order valence-electron chi connectivity index (χ4n) is 3.14. The largest absolute Gasteiger partial charge is 0.367 e. The molecule has 3 rings (SSSR count). The van der Waals surface area contributed by atoms with Gasteiger partial charge in [-0.3, -0.25) is 9.59 Å². The summed E-state index contributed by atoms with van der Waals surface area (Å²) in [5, 5.41) is 4.14. The maximum atomic E-state index is 12.2. The standard InChI is InChI=1S/C21H23Cl2N3O2S/c1-2-21(28)26-11-9-25(10-12-26)19-8-5-16(13-18(19)23)24-20(27)14-29-17-6-3-15(22)4-7-17/h3-8,13H,2,9-12,14H2,1H3,(H,24,27). The minimum Gasteiger partial charge on any atom is -0.367 e. The molecule has 0 saturated carbocycles. The average molecular weight is 452 g/mol. The van der Waals surface area contributed by atoms with Crippen LogP contribution in [0.5, 0.6) is 0 Å². The number of rotatable bonds is 6. The number of hydrogen-bond acceptors (Lipinski definition) is 4. The van der Waals surface area contributed by atoms with Gasteiger partial charge in [-0.1, -0.05) is 30.1 Å². The van der Waals surface area contributed by atoms with E-state index in [0.717, 1.165) is 23.7 Å². The number of hydrogen-bond donors (Lipinski definition) is 1. The van der Waals surface area contributed by atoms with E-state index < -0.39 is 0 Å². The zero-order valence-electron chi connectivity index (χ0n) is 16.2. The number of thioether (sulfide) groups is 1. The highest BCUT2D eigenvalue weighted by atomic mass is 35.5. The minimum atomic E-state index is -0.0968. The van der Waals surface area contributed by atoms with Crippen molar-refractivity contribution in [2.24, 2.45) is 0 Å². The van der Waals surface area contributed by atoms with Crippen molar-refractivity contribution in [2.75, 3.05) is 42.1 Å². The van der Waals surface area contributed by atoms with Crippen molar-refractivity contribution in [3.05, 3.63) is 52.5 Å². The van der Waals surface area contributed by atoms with E-state index in [-0.39, 0.29) is 11.8 Å².